The number of hydrogen-bond acceptors (Lipinski definition) is 2. The fourth-order valence-corrected chi connectivity index (χ4v) is 2.50. The second kappa shape index (κ2) is 8.08. The van der Waals surface area contributed by atoms with Gasteiger partial charge in [-0.3, -0.25) is 0 Å². The van der Waals surface area contributed by atoms with Crippen LogP contribution in [0.2, 0.25) is 0 Å². The van der Waals surface area contributed by atoms with Gasteiger partial charge in [-0.25, -0.2) is 13.6 Å². The minimum Gasteiger partial charge on any atom is -0.396 e. The molecule has 3 N–H and O–H groups in total. The van der Waals surface area contributed by atoms with Crippen molar-refractivity contribution in [2.45, 2.75) is 44.2 Å². The highest BCUT2D eigenvalue weighted by Crippen LogP contribution is 2.35. The van der Waals surface area contributed by atoms with Gasteiger partial charge in [0.1, 0.15) is 0 Å². The zero-order chi connectivity index (χ0) is 15.9. The van der Waals surface area contributed by atoms with E-state index in [0.29, 0.717) is 12.8 Å². The standard InChI is InChI=1S/C16H22F2N2O2/c17-15(18)14(12-8-9-12)20-16(22)19-13(7-4-10-21)11-5-2-1-3-6-11/h1-3,5-6,12-15,21H,4,7-10H2,(H2,19,20,22). The summed E-state index contributed by atoms with van der Waals surface area (Å²) in [6.45, 7) is 0.0222. The maximum absolute atomic E-state index is 12.9. The molecule has 0 aliphatic heterocycles. The number of carbonyl (C=O) groups is 1. The molecule has 2 amide bonds. The number of aliphatic hydroxyl groups is 1. The fraction of sp³-hybridized carbons (Fsp3) is 0.562. The van der Waals surface area contributed by atoms with Crippen LogP contribution >= 0.6 is 0 Å². The molecule has 1 aromatic carbocycles. The van der Waals surface area contributed by atoms with Crippen LogP contribution in [0.5, 0.6) is 0 Å². The SMILES string of the molecule is O=C(NC(CCCO)c1ccccc1)NC(C(F)F)C1CC1. The number of urea groups is 1. The van der Waals surface area contributed by atoms with Crippen LogP contribution in [0, 0.1) is 5.92 Å². The van der Waals surface area contributed by atoms with Crippen LogP contribution in [-0.2, 0) is 0 Å². The summed E-state index contributed by atoms with van der Waals surface area (Å²) >= 11 is 0. The Hall–Kier alpha value is -1.69. The normalized spacial score (nSPS) is 17.1. The second-order valence-corrected chi connectivity index (χ2v) is 5.64. The molecular formula is C16H22F2N2O2. The maximum Gasteiger partial charge on any atom is 0.315 e. The monoisotopic (exact) mass is 312 g/mol. The van der Waals surface area contributed by atoms with Gasteiger partial charge in [-0.2, -0.15) is 0 Å². The summed E-state index contributed by atoms with van der Waals surface area (Å²) in [6, 6.07) is 7.36. The van der Waals surface area contributed by atoms with Crippen LogP contribution in [-0.4, -0.2) is 30.2 Å². The molecule has 1 aliphatic rings. The van der Waals surface area contributed by atoms with Crippen LogP contribution in [0.4, 0.5) is 13.6 Å². The molecule has 2 rings (SSSR count). The van der Waals surface area contributed by atoms with Crippen molar-refractivity contribution in [1.82, 2.24) is 10.6 Å². The van der Waals surface area contributed by atoms with E-state index in [1.54, 1.807) is 0 Å². The Labute approximate surface area is 128 Å². The zero-order valence-corrected chi connectivity index (χ0v) is 12.3. The number of nitrogens with one attached hydrogen (secondary N) is 2. The van der Waals surface area contributed by atoms with Crippen molar-refractivity contribution in [3.63, 3.8) is 0 Å². The lowest BCUT2D eigenvalue weighted by Gasteiger charge is -2.22. The van der Waals surface area contributed by atoms with Crippen molar-refractivity contribution in [2.24, 2.45) is 5.92 Å². The van der Waals surface area contributed by atoms with E-state index >= 15 is 0 Å². The van der Waals surface area contributed by atoms with Crippen LogP contribution in [0.15, 0.2) is 30.3 Å². The van der Waals surface area contributed by atoms with Crippen LogP contribution < -0.4 is 10.6 Å². The molecule has 2 unspecified atom stereocenters. The number of carbonyl (C=O) groups excluding carboxylic acids is 1. The highest BCUT2D eigenvalue weighted by atomic mass is 19.3. The molecule has 0 aromatic heterocycles. The number of amides is 2. The average Bonchev–Trinajstić information content (AvgIpc) is 3.34. The molecule has 0 heterocycles. The van der Waals surface area contributed by atoms with Crippen molar-refractivity contribution >= 4 is 6.03 Å². The van der Waals surface area contributed by atoms with Crippen molar-refractivity contribution in [3.8, 4) is 0 Å². The Morgan fingerprint density at radius 3 is 2.45 bits per heavy atom. The number of halogens is 2. The first-order valence-electron chi connectivity index (χ1n) is 7.62. The molecule has 122 valence electrons. The minimum atomic E-state index is -2.55. The van der Waals surface area contributed by atoms with Crippen molar-refractivity contribution < 1.29 is 18.7 Å². The molecule has 0 bridgehead atoms. The van der Waals surface area contributed by atoms with Gasteiger partial charge >= 0.3 is 6.03 Å². The summed E-state index contributed by atoms with van der Waals surface area (Å²) in [4.78, 5) is 12.0. The smallest absolute Gasteiger partial charge is 0.315 e. The molecule has 0 saturated heterocycles. The van der Waals surface area contributed by atoms with E-state index in [-0.39, 0.29) is 18.6 Å². The van der Waals surface area contributed by atoms with Gasteiger partial charge in [0, 0.05) is 6.61 Å². The number of aliphatic hydroxyl groups excluding tert-OH is 1. The number of benzene rings is 1. The fourth-order valence-electron chi connectivity index (χ4n) is 2.50. The van der Waals surface area contributed by atoms with Crippen LogP contribution in [0.3, 0.4) is 0 Å². The van der Waals surface area contributed by atoms with Gasteiger partial charge in [0.05, 0.1) is 12.1 Å². The van der Waals surface area contributed by atoms with E-state index in [4.69, 9.17) is 5.11 Å². The van der Waals surface area contributed by atoms with Gasteiger partial charge in [-0.05, 0) is 37.2 Å². The van der Waals surface area contributed by atoms with Gasteiger partial charge in [-0.15, -0.1) is 0 Å². The van der Waals surface area contributed by atoms with E-state index in [0.717, 1.165) is 18.4 Å². The minimum absolute atomic E-state index is 0.0222. The molecule has 1 aromatic rings. The van der Waals surface area contributed by atoms with E-state index in [1.807, 2.05) is 30.3 Å². The van der Waals surface area contributed by atoms with Crippen LogP contribution in [0.1, 0.15) is 37.3 Å². The van der Waals surface area contributed by atoms with Gasteiger partial charge in [0.15, 0.2) is 0 Å². The molecular weight excluding hydrogens is 290 g/mol. The molecule has 0 radical (unpaired) electrons. The number of hydrogen-bond donors (Lipinski definition) is 3. The van der Waals surface area contributed by atoms with Crippen molar-refractivity contribution in [3.05, 3.63) is 35.9 Å². The Balaban J connectivity index is 1.95. The molecule has 0 spiro atoms. The molecule has 22 heavy (non-hydrogen) atoms. The molecule has 1 fully saturated rings. The van der Waals surface area contributed by atoms with Gasteiger partial charge in [0.25, 0.3) is 6.43 Å². The number of alkyl halides is 2. The summed E-state index contributed by atoms with van der Waals surface area (Å²) in [5.74, 6) is -0.113. The van der Waals surface area contributed by atoms with Crippen molar-refractivity contribution in [1.29, 1.82) is 0 Å². The van der Waals surface area contributed by atoms with E-state index in [2.05, 4.69) is 10.6 Å². The van der Waals surface area contributed by atoms with Gasteiger partial charge in [-0.1, -0.05) is 30.3 Å². The summed E-state index contributed by atoms with van der Waals surface area (Å²) in [6.07, 6.45) is 0.00670. The highest BCUT2D eigenvalue weighted by Gasteiger charge is 2.38. The van der Waals surface area contributed by atoms with Crippen LogP contribution in [0.25, 0.3) is 0 Å². The Morgan fingerprint density at radius 1 is 1.23 bits per heavy atom. The molecule has 2 atom stereocenters. The zero-order valence-electron chi connectivity index (χ0n) is 12.3. The molecule has 1 saturated carbocycles. The lowest BCUT2D eigenvalue weighted by atomic mass is 10.0. The first-order valence-corrected chi connectivity index (χ1v) is 7.62. The predicted octanol–water partition coefficient (Wildman–Crippen LogP) is 2.84. The lowest BCUT2D eigenvalue weighted by molar-refractivity contribution is 0.0912. The number of rotatable bonds is 8. The first-order chi connectivity index (χ1) is 10.6. The molecule has 6 heteroatoms. The largest absolute Gasteiger partial charge is 0.396 e. The van der Waals surface area contributed by atoms with E-state index in [1.165, 1.54) is 0 Å². The van der Waals surface area contributed by atoms with Crippen molar-refractivity contribution in [2.75, 3.05) is 6.61 Å². The quantitative estimate of drug-likeness (QED) is 0.691. The second-order valence-electron chi connectivity index (χ2n) is 5.64. The topological polar surface area (TPSA) is 61.4 Å². The molecule has 1 aliphatic carbocycles. The van der Waals surface area contributed by atoms with Gasteiger partial charge < -0.3 is 15.7 Å². The van der Waals surface area contributed by atoms with Gasteiger partial charge in [0.2, 0.25) is 0 Å². The Morgan fingerprint density at radius 2 is 1.91 bits per heavy atom. The third-order valence-electron chi connectivity index (χ3n) is 3.86. The summed E-state index contributed by atoms with van der Waals surface area (Å²) in [7, 11) is 0. The average molecular weight is 312 g/mol. The first kappa shape index (κ1) is 16.7. The van der Waals surface area contributed by atoms with E-state index < -0.39 is 18.5 Å². The Bertz CT molecular complexity index is 464. The highest BCUT2D eigenvalue weighted by molar-refractivity contribution is 5.75. The molecule has 4 nitrogen and oxygen atoms in total. The summed E-state index contributed by atoms with van der Waals surface area (Å²) in [5, 5.41) is 14.1. The maximum atomic E-state index is 12.9. The summed E-state index contributed by atoms with van der Waals surface area (Å²) in [5.41, 5.74) is 0.895. The Kier molecular flexibility index (Phi) is 6.12. The third-order valence-corrected chi connectivity index (χ3v) is 3.86. The third kappa shape index (κ3) is 4.94. The van der Waals surface area contributed by atoms with E-state index in [9.17, 15) is 13.6 Å². The lowest BCUT2D eigenvalue weighted by Crippen LogP contribution is -2.47. The summed E-state index contributed by atoms with van der Waals surface area (Å²) < 4.78 is 25.9. The predicted molar refractivity (Wildman–Crippen MR) is 79.7 cm³/mol.